The summed E-state index contributed by atoms with van der Waals surface area (Å²) in [5.41, 5.74) is 0.178. The number of aliphatic hydroxyl groups is 1. The van der Waals surface area contributed by atoms with Crippen molar-refractivity contribution in [2.24, 2.45) is 0 Å². The van der Waals surface area contributed by atoms with Gasteiger partial charge in [-0.15, -0.1) is 0 Å². The van der Waals surface area contributed by atoms with Gasteiger partial charge in [-0.05, 0) is 18.6 Å². The van der Waals surface area contributed by atoms with Gasteiger partial charge in [-0.3, -0.25) is 10.1 Å². The van der Waals surface area contributed by atoms with Gasteiger partial charge in [-0.1, -0.05) is 6.07 Å². The number of halogens is 2. The van der Waals surface area contributed by atoms with Crippen LogP contribution >= 0.6 is 0 Å². The molecule has 1 rings (SSSR count). The van der Waals surface area contributed by atoms with E-state index in [1.54, 1.807) is 0 Å². The van der Waals surface area contributed by atoms with E-state index in [1.165, 1.54) is 32.2 Å². The third-order valence-electron chi connectivity index (χ3n) is 2.50. The molecule has 5 nitrogen and oxygen atoms in total. The lowest BCUT2D eigenvalue weighted by Crippen LogP contribution is -2.24. The third kappa shape index (κ3) is 3.36. The molecule has 1 unspecified atom stereocenters. The Morgan fingerprint density at radius 1 is 1.50 bits per heavy atom. The van der Waals surface area contributed by atoms with Gasteiger partial charge in [0.05, 0.1) is 17.6 Å². The van der Waals surface area contributed by atoms with Crippen LogP contribution in [0.4, 0.5) is 20.2 Å². The zero-order chi connectivity index (χ0) is 13.9. The lowest BCUT2D eigenvalue weighted by atomic mass is 10.1. The van der Waals surface area contributed by atoms with Crippen LogP contribution in [-0.2, 0) is 0 Å². The number of hydrogen-bond donors (Lipinski definition) is 1. The molecule has 0 heterocycles. The molecule has 0 aliphatic rings. The van der Waals surface area contributed by atoms with E-state index in [4.69, 9.17) is 0 Å². The molecule has 0 saturated carbocycles. The average Bonchev–Trinajstić information content (AvgIpc) is 2.26. The molecule has 0 spiro atoms. The molecule has 100 valence electrons. The predicted octanol–water partition coefficient (Wildman–Crippen LogP) is 2.35. The second kappa shape index (κ2) is 5.72. The van der Waals surface area contributed by atoms with E-state index in [0.29, 0.717) is 5.56 Å². The highest BCUT2D eigenvalue weighted by molar-refractivity contribution is 5.64. The zero-order valence-electron chi connectivity index (χ0n) is 10.0. The lowest BCUT2D eigenvalue weighted by molar-refractivity contribution is -0.384. The van der Waals surface area contributed by atoms with Gasteiger partial charge < -0.3 is 10.0 Å². The monoisotopic (exact) mass is 260 g/mol. The SMILES string of the molecule is CC(O)c1ccc(N(C)CC(F)F)c([N+](=O)[O-])c1. The molecule has 0 fully saturated rings. The van der Waals surface area contributed by atoms with Crippen LogP contribution in [0.25, 0.3) is 0 Å². The first-order valence-electron chi connectivity index (χ1n) is 5.28. The molecule has 1 aromatic rings. The zero-order valence-corrected chi connectivity index (χ0v) is 10.0. The highest BCUT2D eigenvalue weighted by Crippen LogP contribution is 2.30. The smallest absolute Gasteiger partial charge is 0.292 e. The molecule has 18 heavy (non-hydrogen) atoms. The summed E-state index contributed by atoms with van der Waals surface area (Å²) in [4.78, 5) is 11.4. The average molecular weight is 260 g/mol. The standard InChI is InChI=1S/C11H14F2N2O3/c1-7(16)8-3-4-9(10(5-8)15(17)18)14(2)6-11(12)13/h3-5,7,11,16H,6H2,1-2H3. The van der Waals surface area contributed by atoms with Crippen LogP contribution in [-0.4, -0.2) is 30.0 Å². The molecule has 0 aliphatic carbocycles. The maximum absolute atomic E-state index is 12.3. The van der Waals surface area contributed by atoms with Gasteiger partial charge in [-0.2, -0.15) is 0 Å². The van der Waals surface area contributed by atoms with Crippen LogP contribution in [0.1, 0.15) is 18.6 Å². The van der Waals surface area contributed by atoms with Crippen molar-refractivity contribution >= 4 is 11.4 Å². The summed E-state index contributed by atoms with van der Waals surface area (Å²) in [6.45, 7) is 0.885. The Kier molecular flexibility index (Phi) is 4.55. The van der Waals surface area contributed by atoms with E-state index >= 15 is 0 Å². The summed E-state index contributed by atoms with van der Waals surface area (Å²) in [5.74, 6) is 0. The fourth-order valence-corrected chi connectivity index (χ4v) is 1.57. The number of nitro benzene ring substituents is 1. The van der Waals surface area contributed by atoms with Crippen LogP contribution in [0.2, 0.25) is 0 Å². The van der Waals surface area contributed by atoms with Gasteiger partial charge in [0.2, 0.25) is 0 Å². The quantitative estimate of drug-likeness (QED) is 0.652. The molecule has 0 amide bonds. The van der Waals surface area contributed by atoms with Gasteiger partial charge in [0.1, 0.15) is 5.69 Å². The number of rotatable bonds is 5. The number of alkyl halides is 2. The van der Waals surface area contributed by atoms with Crippen LogP contribution in [0.5, 0.6) is 0 Å². The van der Waals surface area contributed by atoms with Gasteiger partial charge >= 0.3 is 0 Å². The van der Waals surface area contributed by atoms with E-state index < -0.39 is 24.0 Å². The molecule has 0 aromatic heterocycles. The maximum Gasteiger partial charge on any atom is 0.292 e. The summed E-state index contributed by atoms with van der Waals surface area (Å²) in [6.07, 6.45) is -3.43. The Bertz CT molecular complexity index is 438. The summed E-state index contributed by atoms with van der Waals surface area (Å²) < 4.78 is 24.5. The normalized spacial score (nSPS) is 12.6. The molecule has 1 atom stereocenters. The van der Waals surface area contributed by atoms with Crippen molar-refractivity contribution < 1.29 is 18.8 Å². The molecule has 1 aromatic carbocycles. The van der Waals surface area contributed by atoms with Gasteiger partial charge in [-0.25, -0.2) is 8.78 Å². The number of nitrogens with zero attached hydrogens (tertiary/aromatic N) is 2. The van der Waals surface area contributed by atoms with Gasteiger partial charge in [0.15, 0.2) is 0 Å². The van der Waals surface area contributed by atoms with E-state index in [0.717, 1.165) is 4.90 Å². The van der Waals surface area contributed by atoms with Crippen molar-refractivity contribution in [3.05, 3.63) is 33.9 Å². The van der Waals surface area contributed by atoms with Crippen molar-refractivity contribution in [1.29, 1.82) is 0 Å². The van der Waals surface area contributed by atoms with Crippen LogP contribution in [0.15, 0.2) is 18.2 Å². The van der Waals surface area contributed by atoms with E-state index in [9.17, 15) is 24.0 Å². The summed E-state index contributed by atoms with van der Waals surface area (Å²) in [5, 5.41) is 20.2. The number of hydrogen-bond acceptors (Lipinski definition) is 4. The Morgan fingerprint density at radius 3 is 2.56 bits per heavy atom. The number of anilines is 1. The van der Waals surface area contributed by atoms with Crippen LogP contribution < -0.4 is 4.90 Å². The molecule has 1 N–H and O–H groups in total. The predicted molar refractivity (Wildman–Crippen MR) is 63.0 cm³/mol. The largest absolute Gasteiger partial charge is 0.389 e. The van der Waals surface area contributed by atoms with E-state index in [-0.39, 0.29) is 11.4 Å². The Hall–Kier alpha value is -1.76. The molecule has 0 bridgehead atoms. The first-order valence-corrected chi connectivity index (χ1v) is 5.28. The first kappa shape index (κ1) is 14.3. The molecular formula is C11H14F2N2O3. The van der Waals surface area contributed by atoms with Crippen molar-refractivity contribution in [1.82, 2.24) is 0 Å². The molecular weight excluding hydrogens is 246 g/mol. The van der Waals surface area contributed by atoms with Crippen molar-refractivity contribution in [3.63, 3.8) is 0 Å². The minimum Gasteiger partial charge on any atom is -0.389 e. The van der Waals surface area contributed by atoms with E-state index in [2.05, 4.69) is 0 Å². The summed E-state index contributed by atoms with van der Waals surface area (Å²) in [6, 6.07) is 4.04. The fraction of sp³-hybridized carbons (Fsp3) is 0.455. The Balaban J connectivity index is 3.15. The summed E-state index contributed by atoms with van der Waals surface area (Å²) >= 11 is 0. The number of nitro groups is 1. The Labute approximate surface area is 103 Å². The summed E-state index contributed by atoms with van der Waals surface area (Å²) in [7, 11) is 1.36. The van der Waals surface area contributed by atoms with Crippen molar-refractivity contribution in [2.45, 2.75) is 19.5 Å². The fourth-order valence-electron chi connectivity index (χ4n) is 1.57. The van der Waals surface area contributed by atoms with Crippen LogP contribution in [0.3, 0.4) is 0 Å². The second-order valence-corrected chi connectivity index (χ2v) is 3.95. The molecule has 0 radical (unpaired) electrons. The molecule has 7 heteroatoms. The van der Waals surface area contributed by atoms with Crippen molar-refractivity contribution in [2.75, 3.05) is 18.5 Å². The second-order valence-electron chi connectivity index (χ2n) is 3.95. The third-order valence-corrected chi connectivity index (χ3v) is 2.50. The van der Waals surface area contributed by atoms with Gasteiger partial charge in [0.25, 0.3) is 12.1 Å². The lowest BCUT2D eigenvalue weighted by Gasteiger charge is -2.19. The van der Waals surface area contributed by atoms with E-state index in [1.807, 2.05) is 0 Å². The first-order chi connectivity index (χ1) is 8.32. The highest BCUT2D eigenvalue weighted by Gasteiger charge is 2.20. The molecule has 0 saturated heterocycles. The topological polar surface area (TPSA) is 66.6 Å². The minimum atomic E-state index is -2.58. The van der Waals surface area contributed by atoms with Crippen LogP contribution in [0, 0.1) is 10.1 Å². The number of benzene rings is 1. The Morgan fingerprint density at radius 2 is 2.11 bits per heavy atom. The van der Waals surface area contributed by atoms with Crippen molar-refractivity contribution in [3.8, 4) is 0 Å². The highest BCUT2D eigenvalue weighted by atomic mass is 19.3. The maximum atomic E-state index is 12.3. The number of aliphatic hydroxyl groups excluding tert-OH is 1. The van der Waals surface area contributed by atoms with Gasteiger partial charge in [0, 0.05) is 13.1 Å². The minimum absolute atomic E-state index is 0.102. The molecule has 0 aliphatic heterocycles.